The number of sulfone groups is 1. The standard InChI is InChI=1S/C35H46N2O8S/c1-25(2)16-18-46(40,41)19-17-32(44-30-15-9-13-28(22-30)34(38)43-4)35(39)45-33(31(36)21-26-10-6-5-7-11-26)24-37-23-27-12-8-14-29(20-27)42-3/h5-15,20,22,25,31-33,37H,16-19,21,23-24,36H2,1-4H3/t31-,32?,33+/m0/s1. The summed E-state index contributed by atoms with van der Waals surface area (Å²) in [6.45, 7) is 4.61. The van der Waals surface area contributed by atoms with Crippen LogP contribution in [-0.2, 0) is 37.1 Å². The zero-order valence-electron chi connectivity index (χ0n) is 27.0. The third-order valence-electron chi connectivity index (χ3n) is 7.36. The second-order valence-corrected chi connectivity index (χ2v) is 13.9. The van der Waals surface area contributed by atoms with Crippen LogP contribution in [0.5, 0.6) is 11.5 Å². The Hall–Kier alpha value is -3.93. The van der Waals surface area contributed by atoms with Crippen molar-refractivity contribution in [1.29, 1.82) is 0 Å². The van der Waals surface area contributed by atoms with E-state index in [-0.39, 0.29) is 41.7 Å². The van der Waals surface area contributed by atoms with E-state index in [1.807, 2.05) is 68.4 Å². The van der Waals surface area contributed by atoms with Gasteiger partial charge in [-0.1, -0.05) is 62.4 Å². The molecule has 0 fully saturated rings. The molecule has 3 aromatic rings. The number of benzene rings is 3. The smallest absolute Gasteiger partial charge is 0.347 e. The summed E-state index contributed by atoms with van der Waals surface area (Å²) in [6, 6.07) is 22.8. The summed E-state index contributed by atoms with van der Waals surface area (Å²) in [6.07, 6.45) is -1.24. The molecule has 0 aromatic heterocycles. The first-order valence-corrected chi connectivity index (χ1v) is 17.2. The van der Waals surface area contributed by atoms with Crippen LogP contribution in [-0.4, -0.2) is 70.9 Å². The van der Waals surface area contributed by atoms with Gasteiger partial charge in [0, 0.05) is 25.6 Å². The summed E-state index contributed by atoms with van der Waals surface area (Å²) in [4.78, 5) is 25.9. The number of nitrogens with one attached hydrogen (secondary N) is 1. The molecule has 11 heteroatoms. The fraction of sp³-hybridized carbons (Fsp3) is 0.429. The van der Waals surface area contributed by atoms with Crippen LogP contribution in [0.4, 0.5) is 0 Å². The van der Waals surface area contributed by atoms with Gasteiger partial charge in [-0.3, -0.25) is 0 Å². The molecular formula is C35H46N2O8S. The summed E-state index contributed by atoms with van der Waals surface area (Å²) < 4.78 is 47.8. The highest BCUT2D eigenvalue weighted by molar-refractivity contribution is 7.91. The Morgan fingerprint density at radius 3 is 2.22 bits per heavy atom. The molecule has 0 spiro atoms. The monoisotopic (exact) mass is 654 g/mol. The van der Waals surface area contributed by atoms with Crippen molar-refractivity contribution < 1.29 is 37.0 Å². The van der Waals surface area contributed by atoms with Gasteiger partial charge >= 0.3 is 11.9 Å². The third kappa shape index (κ3) is 12.5. The molecule has 0 amide bonds. The van der Waals surface area contributed by atoms with Crippen LogP contribution in [0.25, 0.3) is 0 Å². The number of ether oxygens (including phenoxy) is 4. The van der Waals surface area contributed by atoms with Crippen molar-refractivity contribution in [1.82, 2.24) is 5.32 Å². The quantitative estimate of drug-likeness (QED) is 0.179. The van der Waals surface area contributed by atoms with Crippen molar-refractivity contribution >= 4 is 21.8 Å². The number of nitrogens with two attached hydrogens (primary N) is 1. The molecule has 3 N–H and O–H groups in total. The van der Waals surface area contributed by atoms with Crippen LogP contribution in [0, 0.1) is 5.92 Å². The summed E-state index contributed by atoms with van der Waals surface area (Å²) in [7, 11) is -0.604. The maximum absolute atomic E-state index is 13.8. The van der Waals surface area contributed by atoms with Gasteiger partial charge < -0.3 is 30.0 Å². The molecule has 0 aliphatic rings. The maximum atomic E-state index is 13.8. The minimum atomic E-state index is -3.47. The van der Waals surface area contributed by atoms with Gasteiger partial charge in [0.15, 0.2) is 6.10 Å². The van der Waals surface area contributed by atoms with Gasteiger partial charge in [0.05, 0.1) is 31.3 Å². The lowest BCUT2D eigenvalue weighted by atomic mass is 10.0. The van der Waals surface area contributed by atoms with Crippen LogP contribution in [0.2, 0.25) is 0 Å². The molecular weight excluding hydrogens is 608 g/mol. The molecule has 0 bridgehead atoms. The molecule has 46 heavy (non-hydrogen) atoms. The molecule has 0 saturated heterocycles. The highest BCUT2D eigenvalue weighted by Gasteiger charge is 2.30. The van der Waals surface area contributed by atoms with Gasteiger partial charge in [-0.15, -0.1) is 0 Å². The second kappa shape index (κ2) is 18.3. The zero-order chi connectivity index (χ0) is 33.5. The van der Waals surface area contributed by atoms with Gasteiger partial charge in [0.25, 0.3) is 0 Å². The van der Waals surface area contributed by atoms with E-state index in [4.69, 9.17) is 24.7 Å². The van der Waals surface area contributed by atoms with Gasteiger partial charge in [0.1, 0.15) is 27.4 Å². The molecule has 10 nitrogen and oxygen atoms in total. The summed E-state index contributed by atoms with van der Waals surface area (Å²) >= 11 is 0. The van der Waals surface area contributed by atoms with Crippen LogP contribution >= 0.6 is 0 Å². The Labute approximate surface area is 272 Å². The molecule has 0 radical (unpaired) electrons. The average molecular weight is 655 g/mol. The molecule has 3 aromatic carbocycles. The van der Waals surface area contributed by atoms with Crippen molar-refractivity contribution in [2.45, 2.75) is 57.9 Å². The predicted octanol–water partition coefficient (Wildman–Crippen LogP) is 4.35. The number of esters is 2. The van der Waals surface area contributed by atoms with Crippen LogP contribution in [0.3, 0.4) is 0 Å². The number of carbonyl (C=O) groups excluding carboxylic acids is 2. The van der Waals surface area contributed by atoms with E-state index in [1.165, 1.54) is 13.2 Å². The zero-order valence-corrected chi connectivity index (χ0v) is 27.8. The molecule has 250 valence electrons. The Morgan fingerprint density at radius 2 is 1.52 bits per heavy atom. The third-order valence-corrected chi connectivity index (χ3v) is 9.08. The lowest BCUT2D eigenvalue weighted by Crippen LogP contribution is -2.48. The molecule has 3 atom stereocenters. The molecule has 3 rings (SSSR count). The van der Waals surface area contributed by atoms with Crippen LogP contribution in [0.15, 0.2) is 78.9 Å². The Kier molecular flexibility index (Phi) is 14.5. The average Bonchev–Trinajstić information content (AvgIpc) is 3.05. The number of hydrogen-bond donors (Lipinski definition) is 2. The molecule has 0 aliphatic heterocycles. The van der Waals surface area contributed by atoms with Crippen LogP contribution < -0.4 is 20.5 Å². The van der Waals surface area contributed by atoms with Gasteiger partial charge in [-0.05, 0) is 60.2 Å². The van der Waals surface area contributed by atoms with Crippen molar-refractivity contribution in [3.63, 3.8) is 0 Å². The second-order valence-electron chi connectivity index (χ2n) is 11.6. The fourth-order valence-corrected chi connectivity index (χ4v) is 6.28. The minimum Gasteiger partial charge on any atom is -0.497 e. The highest BCUT2D eigenvalue weighted by Crippen LogP contribution is 2.20. The van der Waals surface area contributed by atoms with E-state index < -0.39 is 40.0 Å². The highest BCUT2D eigenvalue weighted by atomic mass is 32.2. The fourth-order valence-electron chi connectivity index (χ4n) is 4.67. The van der Waals surface area contributed by atoms with E-state index in [9.17, 15) is 18.0 Å². The first-order chi connectivity index (χ1) is 22.0. The maximum Gasteiger partial charge on any atom is 0.347 e. The molecule has 0 saturated carbocycles. The van der Waals surface area contributed by atoms with Crippen molar-refractivity contribution in [2.75, 3.05) is 32.3 Å². The Morgan fingerprint density at radius 1 is 0.848 bits per heavy atom. The van der Waals surface area contributed by atoms with Gasteiger partial charge in [-0.2, -0.15) is 0 Å². The topological polar surface area (TPSA) is 143 Å². The van der Waals surface area contributed by atoms with E-state index in [0.717, 1.165) is 16.9 Å². The predicted molar refractivity (Wildman–Crippen MR) is 178 cm³/mol. The first kappa shape index (κ1) is 36.5. The minimum absolute atomic E-state index is 0.00300. The van der Waals surface area contributed by atoms with Crippen molar-refractivity contribution in [2.24, 2.45) is 11.7 Å². The van der Waals surface area contributed by atoms with Gasteiger partial charge in [-0.25, -0.2) is 18.0 Å². The number of rotatable bonds is 19. The van der Waals surface area contributed by atoms with E-state index in [0.29, 0.717) is 19.4 Å². The Bertz CT molecular complexity index is 1500. The Balaban J connectivity index is 1.82. The summed E-state index contributed by atoms with van der Waals surface area (Å²) in [5.74, 6) is -0.458. The first-order valence-electron chi connectivity index (χ1n) is 15.4. The lowest BCUT2D eigenvalue weighted by Gasteiger charge is -2.27. The summed E-state index contributed by atoms with van der Waals surface area (Å²) in [5.41, 5.74) is 8.80. The van der Waals surface area contributed by atoms with E-state index in [2.05, 4.69) is 5.32 Å². The van der Waals surface area contributed by atoms with E-state index >= 15 is 0 Å². The van der Waals surface area contributed by atoms with E-state index in [1.54, 1.807) is 25.3 Å². The molecule has 1 unspecified atom stereocenters. The number of carbonyl (C=O) groups is 2. The normalized spacial score (nSPS) is 13.4. The van der Waals surface area contributed by atoms with Crippen molar-refractivity contribution in [3.05, 3.63) is 95.6 Å². The van der Waals surface area contributed by atoms with Gasteiger partial charge in [0.2, 0.25) is 0 Å². The number of hydrogen-bond acceptors (Lipinski definition) is 10. The SMILES string of the molecule is COC(=O)c1cccc(OC(CCS(=O)(=O)CCC(C)C)C(=O)O[C@H](CNCc2cccc(OC)c2)[C@@H](N)Cc2ccccc2)c1. The largest absolute Gasteiger partial charge is 0.497 e. The van der Waals surface area contributed by atoms with Crippen molar-refractivity contribution in [3.8, 4) is 11.5 Å². The molecule has 0 heterocycles. The lowest BCUT2D eigenvalue weighted by molar-refractivity contribution is -0.158. The van der Waals surface area contributed by atoms with Crippen LogP contribution in [0.1, 0.15) is 48.2 Å². The molecule has 0 aliphatic carbocycles. The summed E-state index contributed by atoms with van der Waals surface area (Å²) in [5, 5.41) is 3.32. The number of methoxy groups -OCH3 is 2.